The maximum Gasteiger partial charge on any atom is 0.124 e. The summed E-state index contributed by atoms with van der Waals surface area (Å²) in [6.07, 6.45) is 2.27. The van der Waals surface area contributed by atoms with Gasteiger partial charge in [0.25, 0.3) is 0 Å². The number of rotatable bonds is 1. The van der Waals surface area contributed by atoms with Crippen molar-refractivity contribution in [2.45, 2.75) is 18.9 Å². The Bertz CT molecular complexity index is 563. The van der Waals surface area contributed by atoms with Gasteiger partial charge in [0.05, 0.1) is 0 Å². The van der Waals surface area contributed by atoms with Crippen LogP contribution in [0.25, 0.3) is 0 Å². The SMILES string of the molecule is Brc1ccc(C2CCc3cc(Br)ccc3O2)cc1. The Morgan fingerprint density at radius 1 is 0.944 bits per heavy atom. The van der Waals surface area contributed by atoms with Gasteiger partial charge in [0.1, 0.15) is 11.9 Å². The number of hydrogen-bond acceptors (Lipinski definition) is 1. The van der Waals surface area contributed by atoms with Crippen molar-refractivity contribution < 1.29 is 4.74 Å². The molecular formula is C15H12Br2O. The van der Waals surface area contributed by atoms with Gasteiger partial charge in [0, 0.05) is 8.95 Å². The van der Waals surface area contributed by atoms with Gasteiger partial charge in [-0.25, -0.2) is 0 Å². The lowest BCUT2D eigenvalue weighted by molar-refractivity contribution is 0.176. The molecule has 1 aliphatic heterocycles. The van der Waals surface area contributed by atoms with Gasteiger partial charge in [-0.2, -0.15) is 0 Å². The summed E-state index contributed by atoms with van der Waals surface area (Å²) in [6, 6.07) is 14.6. The molecule has 2 aromatic carbocycles. The second kappa shape index (κ2) is 5.06. The van der Waals surface area contributed by atoms with Gasteiger partial charge in [0.2, 0.25) is 0 Å². The number of benzene rings is 2. The molecule has 0 aromatic heterocycles. The zero-order chi connectivity index (χ0) is 12.5. The van der Waals surface area contributed by atoms with E-state index in [9.17, 15) is 0 Å². The van der Waals surface area contributed by atoms with Crippen molar-refractivity contribution in [3.8, 4) is 5.75 Å². The normalized spacial score (nSPS) is 18.0. The maximum atomic E-state index is 6.08. The van der Waals surface area contributed by atoms with Crippen LogP contribution >= 0.6 is 31.9 Å². The van der Waals surface area contributed by atoms with Crippen molar-refractivity contribution in [2.75, 3.05) is 0 Å². The molecule has 1 nitrogen and oxygen atoms in total. The van der Waals surface area contributed by atoms with Crippen LogP contribution in [0.1, 0.15) is 23.7 Å². The van der Waals surface area contributed by atoms with Crippen molar-refractivity contribution in [3.05, 3.63) is 62.5 Å². The van der Waals surface area contributed by atoms with E-state index >= 15 is 0 Å². The molecular weight excluding hydrogens is 356 g/mol. The minimum absolute atomic E-state index is 0.173. The molecule has 92 valence electrons. The second-order valence-corrected chi connectivity index (χ2v) is 6.28. The van der Waals surface area contributed by atoms with Crippen LogP contribution in [0.4, 0.5) is 0 Å². The second-order valence-electron chi connectivity index (χ2n) is 4.45. The van der Waals surface area contributed by atoms with Crippen LogP contribution in [0.15, 0.2) is 51.4 Å². The van der Waals surface area contributed by atoms with Gasteiger partial charge >= 0.3 is 0 Å². The molecule has 0 fully saturated rings. The average molecular weight is 368 g/mol. The van der Waals surface area contributed by atoms with Gasteiger partial charge in [0.15, 0.2) is 0 Å². The number of ether oxygens (including phenoxy) is 1. The van der Waals surface area contributed by atoms with E-state index in [1.807, 2.05) is 12.1 Å². The molecule has 1 atom stereocenters. The summed E-state index contributed by atoms with van der Waals surface area (Å²) >= 11 is 6.95. The van der Waals surface area contributed by atoms with Crippen molar-refractivity contribution in [2.24, 2.45) is 0 Å². The van der Waals surface area contributed by atoms with E-state index in [1.165, 1.54) is 11.1 Å². The molecule has 0 aliphatic carbocycles. The van der Waals surface area contributed by atoms with Gasteiger partial charge in [-0.05, 0) is 54.3 Å². The molecule has 18 heavy (non-hydrogen) atoms. The smallest absolute Gasteiger partial charge is 0.124 e. The van der Waals surface area contributed by atoms with Gasteiger partial charge in [-0.15, -0.1) is 0 Å². The molecule has 1 heterocycles. The van der Waals surface area contributed by atoms with E-state index in [4.69, 9.17) is 4.74 Å². The fraction of sp³-hybridized carbons (Fsp3) is 0.200. The first-order valence-electron chi connectivity index (χ1n) is 5.93. The van der Waals surface area contributed by atoms with Crippen LogP contribution in [0, 0.1) is 0 Å². The summed E-state index contributed by atoms with van der Waals surface area (Å²) < 4.78 is 8.30. The fourth-order valence-corrected chi connectivity index (χ4v) is 2.94. The maximum absolute atomic E-state index is 6.08. The number of halogens is 2. The molecule has 3 heteroatoms. The third-order valence-electron chi connectivity index (χ3n) is 3.21. The minimum Gasteiger partial charge on any atom is -0.485 e. The first-order valence-corrected chi connectivity index (χ1v) is 7.51. The molecule has 0 saturated carbocycles. The van der Waals surface area contributed by atoms with Crippen LogP contribution in [0.2, 0.25) is 0 Å². The summed E-state index contributed by atoms with van der Waals surface area (Å²) in [5.41, 5.74) is 2.53. The van der Waals surface area contributed by atoms with Crippen molar-refractivity contribution in [1.29, 1.82) is 0 Å². The predicted molar refractivity (Wildman–Crippen MR) is 80.0 cm³/mol. The van der Waals surface area contributed by atoms with Crippen molar-refractivity contribution in [3.63, 3.8) is 0 Å². The third kappa shape index (κ3) is 2.47. The zero-order valence-corrected chi connectivity index (χ0v) is 12.9. The molecule has 0 saturated heterocycles. The van der Waals surface area contributed by atoms with E-state index in [0.717, 1.165) is 27.5 Å². The number of aryl methyl sites for hydroxylation is 1. The highest BCUT2D eigenvalue weighted by atomic mass is 79.9. The Labute approximate surface area is 123 Å². The topological polar surface area (TPSA) is 9.23 Å². The quantitative estimate of drug-likeness (QED) is 0.666. The predicted octanol–water partition coefficient (Wildman–Crippen LogP) is 5.28. The van der Waals surface area contributed by atoms with E-state index in [2.05, 4.69) is 62.2 Å². The largest absolute Gasteiger partial charge is 0.485 e. The lowest BCUT2D eigenvalue weighted by Gasteiger charge is -2.26. The Morgan fingerprint density at radius 2 is 1.67 bits per heavy atom. The Balaban J connectivity index is 1.86. The van der Waals surface area contributed by atoms with Gasteiger partial charge in [-0.1, -0.05) is 44.0 Å². The molecule has 0 radical (unpaired) electrons. The third-order valence-corrected chi connectivity index (χ3v) is 4.23. The monoisotopic (exact) mass is 366 g/mol. The average Bonchev–Trinajstić information content (AvgIpc) is 2.39. The molecule has 2 aromatic rings. The number of hydrogen-bond donors (Lipinski definition) is 0. The molecule has 1 aliphatic rings. The van der Waals surface area contributed by atoms with Crippen molar-refractivity contribution >= 4 is 31.9 Å². The summed E-state index contributed by atoms with van der Waals surface area (Å²) in [5.74, 6) is 1.01. The van der Waals surface area contributed by atoms with Crippen LogP contribution in [0.5, 0.6) is 5.75 Å². The van der Waals surface area contributed by atoms with Crippen LogP contribution in [-0.2, 0) is 6.42 Å². The van der Waals surface area contributed by atoms with Crippen LogP contribution in [-0.4, -0.2) is 0 Å². The summed E-state index contributed by atoms with van der Waals surface area (Å²) in [4.78, 5) is 0. The highest BCUT2D eigenvalue weighted by Gasteiger charge is 2.21. The Hall–Kier alpha value is -0.800. The Kier molecular flexibility index (Phi) is 3.44. The molecule has 0 spiro atoms. The summed E-state index contributed by atoms with van der Waals surface area (Å²) in [7, 11) is 0. The first kappa shape index (κ1) is 12.2. The summed E-state index contributed by atoms with van der Waals surface area (Å²) in [5, 5.41) is 0. The van der Waals surface area contributed by atoms with Gasteiger partial charge < -0.3 is 4.74 Å². The van der Waals surface area contributed by atoms with E-state index in [0.29, 0.717) is 0 Å². The standard InChI is InChI=1S/C15H12Br2O/c16-12-4-1-10(2-5-12)14-7-3-11-9-13(17)6-8-15(11)18-14/h1-2,4-6,8-9,14H,3,7H2. The molecule has 0 N–H and O–H groups in total. The minimum atomic E-state index is 0.173. The van der Waals surface area contributed by atoms with Gasteiger partial charge in [-0.3, -0.25) is 0 Å². The number of fused-ring (bicyclic) bond motifs is 1. The summed E-state index contributed by atoms with van der Waals surface area (Å²) in [6.45, 7) is 0. The highest BCUT2D eigenvalue weighted by molar-refractivity contribution is 9.10. The van der Waals surface area contributed by atoms with E-state index < -0.39 is 0 Å². The molecule has 1 unspecified atom stereocenters. The molecule has 0 bridgehead atoms. The lowest BCUT2D eigenvalue weighted by Crippen LogP contribution is -2.14. The fourth-order valence-electron chi connectivity index (χ4n) is 2.27. The molecule has 3 rings (SSSR count). The van der Waals surface area contributed by atoms with E-state index in [1.54, 1.807) is 0 Å². The highest BCUT2D eigenvalue weighted by Crippen LogP contribution is 2.36. The van der Waals surface area contributed by atoms with Crippen LogP contribution in [0.3, 0.4) is 0 Å². The van der Waals surface area contributed by atoms with Crippen molar-refractivity contribution in [1.82, 2.24) is 0 Å². The Morgan fingerprint density at radius 3 is 2.44 bits per heavy atom. The van der Waals surface area contributed by atoms with Crippen LogP contribution < -0.4 is 4.74 Å². The molecule has 0 amide bonds. The first-order chi connectivity index (χ1) is 8.72. The zero-order valence-electron chi connectivity index (χ0n) is 9.70. The lowest BCUT2D eigenvalue weighted by atomic mass is 9.98. The van der Waals surface area contributed by atoms with E-state index in [-0.39, 0.29) is 6.10 Å².